The van der Waals surface area contributed by atoms with Gasteiger partial charge in [-0.3, -0.25) is 0 Å². The van der Waals surface area contributed by atoms with Crippen molar-refractivity contribution < 1.29 is 0 Å². The summed E-state index contributed by atoms with van der Waals surface area (Å²) in [5.41, 5.74) is 1.38. The third kappa shape index (κ3) is 5.44. The van der Waals surface area contributed by atoms with Crippen molar-refractivity contribution in [2.24, 2.45) is 0 Å². The zero-order valence-corrected chi connectivity index (χ0v) is 11.6. The van der Waals surface area contributed by atoms with Gasteiger partial charge >= 0.3 is 0 Å². The number of allylic oxidation sites excluding steroid dienone is 2. The maximum Gasteiger partial charge on any atom is 0.190 e. The normalized spacial score (nSPS) is 11.3. The largest absolute Gasteiger partial charge is 0.190 e. The lowest BCUT2D eigenvalue weighted by atomic mass is 10.1. The summed E-state index contributed by atoms with van der Waals surface area (Å²) < 4.78 is 0. The molecule has 70 valence electrons. The van der Waals surface area contributed by atoms with Crippen molar-refractivity contribution in [2.75, 3.05) is 0 Å². The third-order valence-electron chi connectivity index (χ3n) is 1.68. The summed E-state index contributed by atoms with van der Waals surface area (Å²) >= 11 is 7.13. The summed E-state index contributed by atoms with van der Waals surface area (Å²) in [5, 5.41) is 0. The zero-order chi connectivity index (χ0) is 9.52. The van der Waals surface area contributed by atoms with Crippen molar-refractivity contribution in [1.29, 1.82) is 0 Å². The molecule has 0 radical (unpaired) electrons. The van der Waals surface area contributed by atoms with E-state index in [-0.39, 0.29) is 0 Å². The summed E-state index contributed by atoms with van der Waals surface area (Å²) in [6, 6.07) is 10.9. The molecule has 0 bridgehead atoms. The molecular weight excluding hydrogens is 308 g/mol. The third-order valence-corrected chi connectivity index (χ3v) is 4.55. The lowest BCUT2D eigenvalue weighted by Crippen LogP contribution is -1.85. The Hall–Kier alpha value is 0.137. The average molecular weight is 320 g/mol. The van der Waals surface area contributed by atoms with Gasteiger partial charge in [0.2, 0.25) is 0 Å². The molecule has 0 aliphatic heterocycles. The van der Waals surface area contributed by atoms with Crippen LogP contribution in [0.3, 0.4) is 0 Å². The van der Waals surface area contributed by atoms with Gasteiger partial charge in [0.1, 0.15) is 0 Å². The fourth-order valence-electron chi connectivity index (χ4n) is 1.03. The van der Waals surface area contributed by atoms with Crippen LogP contribution in [0.1, 0.15) is 5.56 Å². The maximum atomic E-state index is 3.57. The first-order chi connectivity index (χ1) is 6.29. The first-order valence-corrected chi connectivity index (χ1v) is 11.4. The SMILES string of the molecule is Br[SiH](Br)CC=CCc1ccccc1. The molecule has 13 heavy (non-hydrogen) atoms. The van der Waals surface area contributed by atoms with E-state index in [1.807, 2.05) is 6.07 Å². The average Bonchev–Trinajstić information content (AvgIpc) is 2.14. The molecule has 0 nitrogen and oxygen atoms in total. The van der Waals surface area contributed by atoms with Crippen LogP contribution in [-0.4, -0.2) is 6.04 Å². The predicted octanol–water partition coefficient (Wildman–Crippen LogP) is 3.80. The van der Waals surface area contributed by atoms with Gasteiger partial charge < -0.3 is 0 Å². The quantitative estimate of drug-likeness (QED) is 0.450. The minimum absolute atomic E-state index is 0.758. The number of benzene rings is 1. The van der Waals surface area contributed by atoms with Crippen molar-refractivity contribution >= 4 is 36.6 Å². The number of hydrogen-bond donors (Lipinski definition) is 0. The van der Waals surface area contributed by atoms with E-state index in [9.17, 15) is 0 Å². The maximum absolute atomic E-state index is 3.57. The molecule has 0 aliphatic carbocycles. The van der Waals surface area contributed by atoms with E-state index in [0.29, 0.717) is 0 Å². The highest BCUT2D eigenvalue weighted by Crippen LogP contribution is 2.09. The number of rotatable bonds is 4. The molecule has 0 aromatic heterocycles. The van der Waals surface area contributed by atoms with Gasteiger partial charge in [0.15, 0.2) is 6.04 Å². The molecule has 1 rings (SSSR count). The van der Waals surface area contributed by atoms with Crippen molar-refractivity contribution in [3.8, 4) is 0 Å². The van der Waals surface area contributed by atoms with Crippen LogP contribution in [0.5, 0.6) is 0 Å². The van der Waals surface area contributed by atoms with Gasteiger partial charge in [0, 0.05) is 0 Å². The van der Waals surface area contributed by atoms with E-state index in [0.717, 1.165) is 12.5 Å². The van der Waals surface area contributed by atoms with E-state index in [2.05, 4.69) is 67.0 Å². The summed E-state index contributed by atoms with van der Waals surface area (Å²) in [4.78, 5) is 0. The first kappa shape index (κ1) is 11.2. The summed E-state index contributed by atoms with van der Waals surface area (Å²) in [6.07, 6.45) is 5.52. The highest BCUT2D eigenvalue weighted by Gasteiger charge is 1.94. The fraction of sp³-hybridized carbons (Fsp3) is 0.200. The van der Waals surface area contributed by atoms with Crippen molar-refractivity contribution in [1.82, 2.24) is 0 Å². The molecule has 0 aliphatic rings. The van der Waals surface area contributed by atoms with Gasteiger partial charge in [0.05, 0.1) is 0 Å². The van der Waals surface area contributed by atoms with E-state index >= 15 is 0 Å². The van der Waals surface area contributed by atoms with E-state index in [1.165, 1.54) is 5.56 Å². The van der Waals surface area contributed by atoms with Crippen LogP contribution >= 0.6 is 30.6 Å². The Bertz CT molecular complexity index is 257. The van der Waals surface area contributed by atoms with E-state index < -0.39 is 6.04 Å². The van der Waals surface area contributed by atoms with Crippen LogP contribution in [-0.2, 0) is 6.42 Å². The Morgan fingerprint density at radius 2 is 1.77 bits per heavy atom. The standard InChI is InChI=1S/C10H12Br2Si/c11-13(12)9-5-4-8-10-6-2-1-3-7-10/h1-7,13H,8-9H2. The van der Waals surface area contributed by atoms with Crippen molar-refractivity contribution in [2.45, 2.75) is 12.5 Å². The minimum Gasteiger partial charge on any atom is -0.115 e. The van der Waals surface area contributed by atoms with Gasteiger partial charge in [-0.15, -0.1) is 30.6 Å². The lowest BCUT2D eigenvalue weighted by Gasteiger charge is -1.94. The molecule has 0 atom stereocenters. The van der Waals surface area contributed by atoms with Gasteiger partial charge in [-0.2, -0.15) is 0 Å². The van der Waals surface area contributed by atoms with Gasteiger partial charge in [0.25, 0.3) is 0 Å². The molecule has 0 heterocycles. The van der Waals surface area contributed by atoms with Crippen molar-refractivity contribution in [3.63, 3.8) is 0 Å². The Morgan fingerprint density at radius 3 is 2.38 bits per heavy atom. The molecule has 0 N–H and O–H groups in total. The highest BCUT2D eigenvalue weighted by atomic mass is 79.9. The van der Waals surface area contributed by atoms with Crippen LogP contribution in [0, 0.1) is 0 Å². The van der Waals surface area contributed by atoms with Crippen LogP contribution in [0.2, 0.25) is 6.04 Å². The molecule has 3 heteroatoms. The monoisotopic (exact) mass is 318 g/mol. The number of halogens is 2. The molecule has 0 fully saturated rings. The van der Waals surface area contributed by atoms with Crippen LogP contribution in [0.4, 0.5) is 0 Å². The molecule has 1 aromatic carbocycles. The van der Waals surface area contributed by atoms with Gasteiger partial charge in [-0.25, -0.2) is 0 Å². The fourth-order valence-corrected chi connectivity index (χ4v) is 2.73. The zero-order valence-electron chi connectivity index (χ0n) is 7.29. The minimum atomic E-state index is -0.758. The smallest absolute Gasteiger partial charge is 0.115 e. The molecule has 0 spiro atoms. The molecular formula is C10H12Br2Si. The summed E-state index contributed by atoms with van der Waals surface area (Å²) in [6.45, 7) is 0. The summed E-state index contributed by atoms with van der Waals surface area (Å²) in [7, 11) is 0. The Kier molecular flexibility index (Phi) is 5.67. The van der Waals surface area contributed by atoms with Crippen LogP contribution < -0.4 is 0 Å². The second kappa shape index (κ2) is 6.57. The van der Waals surface area contributed by atoms with E-state index in [1.54, 1.807) is 0 Å². The molecule has 0 amide bonds. The first-order valence-electron chi connectivity index (χ1n) is 4.26. The van der Waals surface area contributed by atoms with Crippen LogP contribution in [0.15, 0.2) is 42.5 Å². The Morgan fingerprint density at radius 1 is 1.08 bits per heavy atom. The van der Waals surface area contributed by atoms with Gasteiger partial charge in [-0.1, -0.05) is 42.5 Å². The van der Waals surface area contributed by atoms with E-state index in [4.69, 9.17) is 0 Å². The summed E-state index contributed by atoms with van der Waals surface area (Å²) in [5.74, 6) is 0. The number of hydrogen-bond acceptors (Lipinski definition) is 0. The van der Waals surface area contributed by atoms with Crippen molar-refractivity contribution in [3.05, 3.63) is 48.0 Å². The lowest BCUT2D eigenvalue weighted by molar-refractivity contribution is 1.26. The highest BCUT2D eigenvalue weighted by molar-refractivity contribution is 9.49. The second-order valence-electron chi connectivity index (χ2n) is 2.79. The van der Waals surface area contributed by atoms with Crippen LogP contribution in [0.25, 0.3) is 0 Å². The molecule has 0 unspecified atom stereocenters. The Labute approximate surface area is 96.8 Å². The Balaban J connectivity index is 2.31. The molecule has 0 saturated carbocycles. The molecule has 1 aromatic rings. The predicted molar refractivity (Wildman–Crippen MR) is 69.1 cm³/mol. The topological polar surface area (TPSA) is 0 Å². The van der Waals surface area contributed by atoms with Gasteiger partial charge in [-0.05, 0) is 18.0 Å². The molecule has 0 saturated heterocycles. The second-order valence-corrected chi connectivity index (χ2v) is 14.4.